The van der Waals surface area contributed by atoms with Crippen LogP contribution in [0.4, 0.5) is 0 Å². The normalized spacial score (nSPS) is 22.3. The second kappa shape index (κ2) is 14.4. The van der Waals surface area contributed by atoms with Crippen molar-refractivity contribution < 1.29 is 49.8 Å². The zero-order valence-corrected chi connectivity index (χ0v) is 23.6. The number of hydrogen-bond acceptors (Lipinski definition) is 8. The summed E-state index contributed by atoms with van der Waals surface area (Å²) in [4.78, 5) is 41.8. The molecule has 10 nitrogen and oxygen atoms in total. The SMILES string of the molecule is Cc1ccc(C(=O)O)c([O-])c1.O=C(O)c1ccccc1[O-].O=C([O-])C12CC3CC(CC(C3)C1)C2.O=C([O-])c1ccccc1. The Bertz CT molecular complexity index is 1410. The monoisotopic (exact) mass is 588 g/mol. The first-order valence-corrected chi connectivity index (χ1v) is 13.8. The van der Waals surface area contributed by atoms with Crippen LogP contribution in [0.2, 0.25) is 0 Å². The van der Waals surface area contributed by atoms with Gasteiger partial charge in [-0.25, -0.2) is 9.59 Å². The van der Waals surface area contributed by atoms with E-state index in [-0.39, 0.29) is 16.7 Å². The molecule has 0 heterocycles. The van der Waals surface area contributed by atoms with Crippen LogP contribution in [0.5, 0.6) is 11.5 Å². The van der Waals surface area contributed by atoms with Gasteiger partial charge in [0.05, 0.1) is 17.1 Å². The predicted molar refractivity (Wildman–Crippen MR) is 147 cm³/mol. The molecular weight excluding hydrogens is 556 g/mol. The number of carbonyl (C=O) groups is 4. The van der Waals surface area contributed by atoms with E-state index in [9.17, 15) is 39.6 Å². The lowest BCUT2D eigenvalue weighted by Crippen LogP contribution is -2.54. The maximum absolute atomic E-state index is 11.1. The van der Waals surface area contributed by atoms with E-state index in [4.69, 9.17) is 10.2 Å². The molecule has 4 fully saturated rings. The summed E-state index contributed by atoms with van der Waals surface area (Å²) in [6, 6.07) is 17.8. The molecule has 0 spiro atoms. The third-order valence-electron chi connectivity index (χ3n) is 7.97. The summed E-state index contributed by atoms with van der Waals surface area (Å²) in [5.74, 6) is -2.98. The van der Waals surface area contributed by atoms with Crippen LogP contribution in [-0.4, -0.2) is 34.1 Å². The highest BCUT2D eigenvalue weighted by atomic mass is 16.4. The van der Waals surface area contributed by atoms with Gasteiger partial charge in [0.25, 0.3) is 0 Å². The van der Waals surface area contributed by atoms with Crippen LogP contribution in [0.25, 0.3) is 0 Å². The van der Waals surface area contributed by atoms with E-state index >= 15 is 0 Å². The summed E-state index contributed by atoms with van der Waals surface area (Å²) in [5, 5.41) is 59.6. The number of carbonyl (C=O) groups excluding carboxylic acids is 2. The molecule has 4 bridgehead atoms. The minimum Gasteiger partial charge on any atom is -0.872 e. The molecule has 43 heavy (non-hydrogen) atoms. The van der Waals surface area contributed by atoms with Gasteiger partial charge in [0.15, 0.2) is 0 Å². The van der Waals surface area contributed by atoms with Crippen LogP contribution in [0.3, 0.4) is 0 Å². The van der Waals surface area contributed by atoms with E-state index in [1.54, 1.807) is 31.2 Å². The largest absolute Gasteiger partial charge is 0.872 e. The zero-order chi connectivity index (χ0) is 31.7. The Morgan fingerprint density at radius 2 is 1.14 bits per heavy atom. The molecule has 10 heteroatoms. The van der Waals surface area contributed by atoms with Crippen molar-refractivity contribution in [3.8, 4) is 11.5 Å². The summed E-state index contributed by atoms with van der Waals surface area (Å²) in [6.45, 7) is 1.74. The summed E-state index contributed by atoms with van der Waals surface area (Å²) in [5.41, 5.74) is 0.255. The van der Waals surface area contributed by atoms with E-state index in [2.05, 4.69) is 0 Å². The average molecular weight is 589 g/mol. The number of hydrogen-bond donors (Lipinski definition) is 2. The standard InChI is InChI=1S/C11H16O2.C8H8O3.C7H6O3.C7H6O2/c12-10(13)11-4-7-1-8(5-11)3-9(2-7)6-11;1-5-2-3-6(8(10)11)7(9)4-5;8-6-4-2-1-3-5(6)7(9)10;8-7(9)6-4-2-1-3-5-6/h7-9H,1-6H2,(H,12,13);2-4,9H,1H3,(H,10,11);1-4,8H,(H,9,10);1-5H,(H,8,9)/p-4. The average Bonchev–Trinajstić information content (AvgIpc) is 2.94. The molecule has 4 saturated carbocycles. The van der Waals surface area contributed by atoms with E-state index in [1.807, 2.05) is 0 Å². The summed E-state index contributed by atoms with van der Waals surface area (Å²) >= 11 is 0. The molecule has 7 rings (SSSR count). The van der Waals surface area contributed by atoms with Gasteiger partial charge >= 0.3 is 11.9 Å². The first-order chi connectivity index (χ1) is 20.3. The molecule has 0 unspecified atom stereocenters. The molecule has 3 aromatic carbocycles. The van der Waals surface area contributed by atoms with Gasteiger partial charge in [0, 0.05) is 11.4 Å². The Labute approximate surface area is 248 Å². The van der Waals surface area contributed by atoms with Crippen LogP contribution < -0.4 is 20.4 Å². The molecular formula is C33H32O10-4. The number of benzene rings is 3. The number of para-hydroxylation sites is 1. The Balaban J connectivity index is 0.000000159. The number of aliphatic carboxylic acids is 1. The van der Waals surface area contributed by atoms with Gasteiger partial charge in [-0.1, -0.05) is 77.7 Å². The smallest absolute Gasteiger partial charge is 0.335 e. The minimum absolute atomic E-state index is 0.171. The fourth-order valence-electron chi connectivity index (χ4n) is 6.38. The van der Waals surface area contributed by atoms with E-state index in [1.165, 1.54) is 67.8 Å². The topological polar surface area (TPSA) is 201 Å². The predicted octanol–water partition coefficient (Wildman–Crippen LogP) is 2.23. The zero-order valence-electron chi connectivity index (χ0n) is 23.6. The van der Waals surface area contributed by atoms with E-state index in [0.29, 0.717) is 17.8 Å². The highest BCUT2D eigenvalue weighted by Crippen LogP contribution is 2.59. The molecule has 0 radical (unpaired) electrons. The molecule has 0 aromatic heterocycles. The molecule has 4 aliphatic carbocycles. The van der Waals surface area contributed by atoms with Crippen molar-refractivity contribution in [2.75, 3.05) is 0 Å². The van der Waals surface area contributed by atoms with Crippen molar-refractivity contribution in [2.45, 2.75) is 45.4 Å². The molecule has 4 aliphatic rings. The second-order valence-corrected chi connectivity index (χ2v) is 11.2. The van der Waals surface area contributed by atoms with Crippen molar-refractivity contribution >= 4 is 23.9 Å². The number of carboxylic acid groups (broad SMARTS) is 4. The summed E-state index contributed by atoms with van der Waals surface area (Å²) in [7, 11) is 0. The number of aryl methyl sites for hydroxylation is 1. The maximum atomic E-state index is 11.1. The molecule has 0 amide bonds. The van der Waals surface area contributed by atoms with Crippen LogP contribution in [0.1, 0.15) is 75.2 Å². The highest BCUT2D eigenvalue weighted by Gasteiger charge is 2.51. The second-order valence-electron chi connectivity index (χ2n) is 11.2. The van der Waals surface area contributed by atoms with Crippen molar-refractivity contribution in [2.24, 2.45) is 23.2 Å². The van der Waals surface area contributed by atoms with E-state index in [0.717, 1.165) is 24.8 Å². The maximum Gasteiger partial charge on any atom is 0.335 e. The lowest BCUT2D eigenvalue weighted by Gasteiger charge is -2.57. The Morgan fingerprint density at radius 1 is 0.674 bits per heavy atom. The van der Waals surface area contributed by atoms with Gasteiger partial charge in [-0.15, -0.1) is 0 Å². The Morgan fingerprint density at radius 3 is 1.51 bits per heavy atom. The minimum atomic E-state index is -1.18. The fraction of sp³-hybridized carbons (Fsp3) is 0.333. The van der Waals surface area contributed by atoms with Crippen molar-refractivity contribution in [3.63, 3.8) is 0 Å². The lowest BCUT2D eigenvalue weighted by molar-refractivity contribution is -0.327. The highest BCUT2D eigenvalue weighted by molar-refractivity contribution is 5.91. The van der Waals surface area contributed by atoms with Gasteiger partial charge in [-0.2, -0.15) is 0 Å². The Hall–Kier alpha value is -4.86. The first kappa shape index (κ1) is 32.7. The third kappa shape index (κ3) is 8.81. The van der Waals surface area contributed by atoms with Crippen LogP contribution in [-0.2, 0) is 4.79 Å². The van der Waals surface area contributed by atoms with Crippen LogP contribution in [0, 0.1) is 30.1 Å². The van der Waals surface area contributed by atoms with Crippen LogP contribution >= 0.6 is 0 Å². The number of carboxylic acids is 4. The summed E-state index contributed by atoms with van der Waals surface area (Å²) in [6.07, 6.45) is 6.65. The van der Waals surface area contributed by atoms with Gasteiger partial charge in [-0.05, 0) is 80.9 Å². The van der Waals surface area contributed by atoms with Gasteiger partial charge in [-0.3, -0.25) is 0 Å². The molecule has 2 N–H and O–H groups in total. The molecule has 0 saturated heterocycles. The quantitative estimate of drug-likeness (QED) is 0.455. The van der Waals surface area contributed by atoms with Gasteiger partial charge < -0.3 is 40.2 Å². The number of aromatic carboxylic acids is 3. The van der Waals surface area contributed by atoms with Crippen molar-refractivity contribution in [1.82, 2.24) is 0 Å². The molecule has 228 valence electrons. The number of rotatable bonds is 4. The van der Waals surface area contributed by atoms with Crippen molar-refractivity contribution in [1.29, 1.82) is 0 Å². The molecule has 3 aromatic rings. The van der Waals surface area contributed by atoms with Gasteiger partial charge in [0.2, 0.25) is 0 Å². The van der Waals surface area contributed by atoms with Crippen molar-refractivity contribution in [3.05, 3.63) is 95.1 Å². The van der Waals surface area contributed by atoms with Crippen LogP contribution in [0.15, 0.2) is 72.8 Å². The fourth-order valence-corrected chi connectivity index (χ4v) is 6.38. The molecule has 0 atom stereocenters. The molecule has 0 aliphatic heterocycles. The first-order valence-electron chi connectivity index (χ1n) is 13.8. The van der Waals surface area contributed by atoms with Gasteiger partial charge in [0.1, 0.15) is 0 Å². The third-order valence-corrected chi connectivity index (χ3v) is 7.97. The van der Waals surface area contributed by atoms with E-state index < -0.39 is 40.8 Å². The lowest BCUT2D eigenvalue weighted by atomic mass is 9.49. The Kier molecular flexibility index (Phi) is 10.9. The summed E-state index contributed by atoms with van der Waals surface area (Å²) < 4.78 is 0.